The molecular formula is C23H18N2O4. The number of imide groups is 2. The molecule has 144 valence electrons. The van der Waals surface area contributed by atoms with Gasteiger partial charge in [0, 0.05) is 30.2 Å². The molecule has 0 radical (unpaired) electrons. The number of hydrogen-bond donors (Lipinski definition) is 0. The Balaban J connectivity index is 1.84. The zero-order valence-corrected chi connectivity index (χ0v) is 15.7. The van der Waals surface area contributed by atoms with Crippen LogP contribution in [-0.2, 0) is 19.2 Å². The lowest BCUT2D eigenvalue weighted by Gasteiger charge is -2.27. The van der Waals surface area contributed by atoms with E-state index in [1.165, 1.54) is 24.3 Å². The van der Waals surface area contributed by atoms with Gasteiger partial charge in [-0.2, -0.15) is 0 Å². The van der Waals surface area contributed by atoms with Crippen molar-refractivity contribution in [1.82, 2.24) is 0 Å². The van der Waals surface area contributed by atoms with Crippen molar-refractivity contribution >= 4 is 35.0 Å². The first-order chi connectivity index (χ1) is 14.0. The number of anilines is 2. The van der Waals surface area contributed by atoms with Gasteiger partial charge in [-0.25, -0.2) is 9.80 Å². The second-order valence-electron chi connectivity index (χ2n) is 6.77. The van der Waals surface area contributed by atoms with Gasteiger partial charge in [0.2, 0.25) is 0 Å². The van der Waals surface area contributed by atoms with Gasteiger partial charge in [-0.15, -0.1) is 0 Å². The molecule has 6 nitrogen and oxygen atoms in total. The van der Waals surface area contributed by atoms with Crippen molar-refractivity contribution in [3.63, 3.8) is 0 Å². The molecule has 0 saturated carbocycles. The van der Waals surface area contributed by atoms with Crippen LogP contribution in [0.15, 0.2) is 72.8 Å². The molecule has 2 aromatic rings. The number of carbonyl (C=O) groups is 4. The molecule has 2 heterocycles. The van der Waals surface area contributed by atoms with Gasteiger partial charge in [-0.1, -0.05) is 43.3 Å². The van der Waals surface area contributed by atoms with Crippen molar-refractivity contribution < 1.29 is 19.2 Å². The first-order valence-corrected chi connectivity index (χ1v) is 9.33. The van der Waals surface area contributed by atoms with Gasteiger partial charge in [0.25, 0.3) is 23.6 Å². The average molecular weight is 386 g/mol. The summed E-state index contributed by atoms with van der Waals surface area (Å²) < 4.78 is 0. The Morgan fingerprint density at radius 2 is 0.966 bits per heavy atom. The number of amides is 4. The molecule has 0 atom stereocenters. The van der Waals surface area contributed by atoms with Gasteiger partial charge >= 0.3 is 0 Å². The molecule has 0 bridgehead atoms. The van der Waals surface area contributed by atoms with Crippen LogP contribution in [0.1, 0.15) is 30.4 Å². The van der Waals surface area contributed by atoms with Gasteiger partial charge in [-0.3, -0.25) is 19.2 Å². The lowest BCUT2D eigenvalue weighted by Crippen LogP contribution is -2.32. The summed E-state index contributed by atoms with van der Waals surface area (Å²) in [6.45, 7) is 1.98. The highest BCUT2D eigenvalue weighted by Crippen LogP contribution is 2.40. The quantitative estimate of drug-likeness (QED) is 0.740. The fourth-order valence-corrected chi connectivity index (χ4v) is 3.85. The van der Waals surface area contributed by atoms with Crippen LogP contribution in [0.3, 0.4) is 0 Å². The van der Waals surface area contributed by atoms with E-state index in [0.717, 1.165) is 20.9 Å². The van der Waals surface area contributed by atoms with E-state index in [0.29, 0.717) is 17.8 Å². The summed E-state index contributed by atoms with van der Waals surface area (Å²) in [5, 5.41) is 0. The number of rotatable bonds is 5. The van der Waals surface area contributed by atoms with Crippen LogP contribution in [0.5, 0.6) is 0 Å². The second-order valence-corrected chi connectivity index (χ2v) is 6.77. The summed E-state index contributed by atoms with van der Waals surface area (Å²) in [6.07, 6.45) is 5.65. The highest BCUT2D eigenvalue weighted by molar-refractivity contribution is 6.29. The highest BCUT2D eigenvalue weighted by Gasteiger charge is 2.32. The Labute approximate surface area is 167 Å². The fraction of sp³-hybridized carbons (Fsp3) is 0.130. The van der Waals surface area contributed by atoms with Crippen molar-refractivity contribution in [2.24, 2.45) is 0 Å². The van der Waals surface area contributed by atoms with Crippen LogP contribution in [0.4, 0.5) is 11.4 Å². The monoisotopic (exact) mass is 386 g/mol. The summed E-state index contributed by atoms with van der Waals surface area (Å²) in [5.74, 6) is -1.79. The Kier molecular flexibility index (Phi) is 4.68. The molecule has 2 aliphatic heterocycles. The molecule has 6 heteroatoms. The van der Waals surface area contributed by atoms with Crippen LogP contribution in [0, 0.1) is 0 Å². The van der Waals surface area contributed by atoms with Crippen molar-refractivity contribution in [2.75, 3.05) is 9.80 Å². The van der Waals surface area contributed by atoms with Gasteiger partial charge < -0.3 is 0 Å². The highest BCUT2D eigenvalue weighted by atomic mass is 16.2. The first kappa shape index (κ1) is 18.6. The summed E-state index contributed by atoms with van der Waals surface area (Å²) in [5.41, 5.74) is 2.57. The van der Waals surface area contributed by atoms with Crippen molar-refractivity contribution in [3.8, 4) is 0 Å². The number of nitrogens with zero attached hydrogens (tertiary/aromatic N) is 2. The Morgan fingerprint density at radius 1 is 0.621 bits per heavy atom. The van der Waals surface area contributed by atoms with E-state index in [1.54, 1.807) is 24.3 Å². The van der Waals surface area contributed by atoms with E-state index in [-0.39, 0.29) is 29.5 Å². The second kappa shape index (κ2) is 7.31. The smallest absolute Gasteiger partial charge is 0.258 e. The SMILES string of the molecule is CCC(c1ccccc1N1C(=O)C=CC1=O)c1ccccc1N1C(=O)C=CC1=O. The number of para-hydroxylation sites is 2. The molecule has 2 aliphatic rings. The number of carbonyl (C=O) groups excluding carboxylic acids is 4. The van der Waals surface area contributed by atoms with E-state index in [4.69, 9.17) is 0 Å². The third kappa shape index (κ3) is 3.08. The molecule has 29 heavy (non-hydrogen) atoms. The molecule has 0 aliphatic carbocycles. The number of hydrogen-bond acceptors (Lipinski definition) is 4. The molecule has 0 fully saturated rings. The fourth-order valence-electron chi connectivity index (χ4n) is 3.85. The summed E-state index contributed by atoms with van der Waals surface area (Å²) in [6, 6.07) is 14.4. The Morgan fingerprint density at radius 3 is 1.31 bits per heavy atom. The summed E-state index contributed by atoms with van der Waals surface area (Å²) >= 11 is 0. The molecule has 4 amide bonds. The summed E-state index contributed by atoms with van der Waals surface area (Å²) in [4.78, 5) is 51.3. The predicted molar refractivity (Wildman–Crippen MR) is 108 cm³/mol. The van der Waals surface area contributed by atoms with Gasteiger partial charge in [0.15, 0.2) is 0 Å². The standard InChI is InChI=1S/C23H18N2O4/c1-2-15(16-7-3-5-9-18(16)24-20(26)11-12-21(24)27)17-8-4-6-10-19(17)25-22(28)13-14-23(25)29/h3-15H,2H2,1H3. The summed E-state index contributed by atoms with van der Waals surface area (Å²) in [7, 11) is 0. The maximum absolute atomic E-state index is 12.3. The largest absolute Gasteiger partial charge is 0.269 e. The average Bonchev–Trinajstić information content (AvgIpc) is 3.24. The van der Waals surface area contributed by atoms with Crippen LogP contribution in [0.25, 0.3) is 0 Å². The van der Waals surface area contributed by atoms with Gasteiger partial charge in [0.05, 0.1) is 11.4 Å². The molecule has 0 saturated heterocycles. The van der Waals surface area contributed by atoms with E-state index >= 15 is 0 Å². The minimum atomic E-state index is -0.389. The lowest BCUT2D eigenvalue weighted by molar-refractivity contribution is -0.121. The first-order valence-electron chi connectivity index (χ1n) is 9.33. The normalized spacial score (nSPS) is 16.1. The zero-order chi connectivity index (χ0) is 20.5. The van der Waals surface area contributed by atoms with E-state index in [9.17, 15) is 19.2 Å². The van der Waals surface area contributed by atoms with Crippen LogP contribution in [0.2, 0.25) is 0 Å². The molecule has 2 aromatic carbocycles. The molecule has 0 N–H and O–H groups in total. The zero-order valence-electron chi connectivity index (χ0n) is 15.7. The molecular weight excluding hydrogens is 368 g/mol. The minimum Gasteiger partial charge on any atom is -0.269 e. The third-order valence-corrected chi connectivity index (χ3v) is 5.13. The van der Waals surface area contributed by atoms with Crippen LogP contribution < -0.4 is 9.80 Å². The maximum Gasteiger partial charge on any atom is 0.258 e. The molecule has 0 spiro atoms. The van der Waals surface area contributed by atoms with Crippen LogP contribution >= 0.6 is 0 Å². The molecule has 4 rings (SSSR count). The predicted octanol–water partition coefficient (Wildman–Crippen LogP) is 3.09. The van der Waals surface area contributed by atoms with Crippen molar-refractivity contribution in [2.45, 2.75) is 19.3 Å². The van der Waals surface area contributed by atoms with E-state index in [2.05, 4.69) is 0 Å². The van der Waals surface area contributed by atoms with Gasteiger partial charge in [-0.05, 0) is 29.7 Å². The minimum absolute atomic E-state index is 0.232. The third-order valence-electron chi connectivity index (χ3n) is 5.13. The lowest BCUT2D eigenvalue weighted by atomic mass is 9.86. The number of benzene rings is 2. The van der Waals surface area contributed by atoms with Crippen LogP contribution in [-0.4, -0.2) is 23.6 Å². The van der Waals surface area contributed by atoms with E-state index in [1.807, 2.05) is 31.2 Å². The Bertz CT molecular complexity index is 978. The molecule has 0 aromatic heterocycles. The topological polar surface area (TPSA) is 74.8 Å². The van der Waals surface area contributed by atoms with Crippen molar-refractivity contribution in [1.29, 1.82) is 0 Å². The van der Waals surface area contributed by atoms with Crippen molar-refractivity contribution in [3.05, 3.63) is 84.0 Å². The maximum atomic E-state index is 12.3. The Hall–Kier alpha value is -3.80. The van der Waals surface area contributed by atoms with Gasteiger partial charge in [0.1, 0.15) is 0 Å². The molecule has 0 unspecified atom stereocenters. The van der Waals surface area contributed by atoms with E-state index < -0.39 is 0 Å².